The van der Waals surface area contributed by atoms with Crippen molar-refractivity contribution in [3.05, 3.63) is 27.2 Å². The van der Waals surface area contributed by atoms with Gasteiger partial charge >= 0.3 is 5.97 Å². The van der Waals surface area contributed by atoms with Crippen LogP contribution in [0.2, 0.25) is 15.1 Å². The lowest BCUT2D eigenvalue weighted by Crippen LogP contribution is -2.31. The van der Waals surface area contributed by atoms with Gasteiger partial charge in [-0.1, -0.05) is 48.1 Å². The SMILES string of the molecule is CCCC(Nc1cc(Cl)c(Cl)cc1Cl)C(=O)OCC. The number of anilines is 1. The van der Waals surface area contributed by atoms with Crippen LogP contribution in [-0.2, 0) is 9.53 Å². The Hall–Kier alpha value is -0.640. The van der Waals surface area contributed by atoms with E-state index in [2.05, 4.69) is 5.32 Å². The Morgan fingerprint density at radius 2 is 1.84 bits per heavy atom. The Kier molecular flexibility index (Phi) is 6.76. The van der Waals surface area contributed by atoms with E-state index in [-0.39, 0.29) is 5.97 Å². The Bertz CT molecular complexity index is 452. The number of ether oxygens (including phenoxy) is 1. The molecule has 0 amide bonds. The maximum atomic E-state index is 11.8. The molecule has 106 valence electrons. The van der Waals surface area contributed by atoms with E-state index in [9.17, 15) is 4.79 Å². The summed E-state index contributed by atoms with van der Waals surface area (Å²) >= 11 is 17.9. The van der Waals surface area contributed by atoms with Crippen LogP contribution in [0.3, 0.4) is 0 Å². The molecule has 0 bridgehead atoms. The van der Waals surface area contributed by atoms with Gasteiger partial charge in [-0.2, -0.15) is 0 Å². The number of esters is 1. The average Bonchev–Trinajstić information content (AvgIpc) is 2.35. The van der Waals surface area contributed by atoms with Crippen molar-refractivity contribution in [2.45, 2.75) is 32.7 Å². The zero-order chi connectivity index (χ0) is 14.4. The van der Waals surface area contributed by atoms with Gasteiger partial charge in [0.05, 0.1) is 27.4 Å². The molecular formula is C13H16Cl3NO2. The highest BCUT2D eigenvalue weighted by molar-refractivity contribution is 6.44. The number of carbonyl (C=O) groups is 1. The number of nitrogens with one attached hydrogen (secondary N) is 1. The van der Waals surface area contributed by atoms with Gasteiger partial charge in [0.25, 0.3) is 0 Å². The molecule has 19 heavy (non-hydrogen) atoms. The molecule has 0 aliphatic carbocycles. The van der Waals surface area contributed by atoms with Gasteiger partial charge in [0.15, 0.2) is 0 Å². The van der Waals surface area contributed by atoms with Crippen LogP contribution in [0, 0.1) is 0 Å². The van der Waals surface area contributed by atoms with Crippen molar-refractivity contribution in [1.29, 1.82) is 0 Å². The first-order valence-corrected chi connectivity index (χ1v) is 7.20. The lowest BCUT2D eigenvalue weighted by atomic mass is 10.1. The number of carbonyl (C=O) groups excluding carboxylic acids is 1. The topological polar surface area (TPSA) is 38.3 Å². The molecule has 1 N–H and O–H groups in total. The molecular weight excluding hydrogens is 309 g/mol. The zero-order valence-electron chi connectivity index (χ0n) is 10.8. The van der Waals surface area contributed by atoms with Crippen LogP contribution in [0.4, 0.5) is 5.69 Å². The van der Waals surface area contributed by atoms with E-state index in [1.807, 2.05) is 6.92 Å². The predicted molar refractivity (Wildman–Crippen MR) is 80.4 cm³/mol. The minimum Gasteiger partial charge on any atom is -0.464 e. The Labute approximate surface area is 128 Å². The Balaban J connectivity index is 2.90. The van der Waals surface area contributed by atoms with Crippen molar-refractivity contribution >= 4 is 46.5 Å². The van der Waals surface area contributed by atoms with Gasteiger partial charge in [-0.25, -0.2) is 4.79 Å². The number of hydrogen-bond donors (Lipinski definition) is 1. The lowest BCUT2D eigenvalue weighted by molar-refractivity contribution is -0.144. The van der Waals surface area contributed by atoms with E-state index in [0.29, 0.717) is 33.8 Å². The molecule has 1 atom stereocenters. The number of rotatable bonds is 6. The second kappa shape index (κ2) is 7.83. The smallest absolute Gasteiger partial charge is 0.328 e. The van der Waals surface area contributed by atoms with Gasteiger partial charge in [-0.05, 0) is 25.5 Å². The highest BCUT2D eigenvalue weighted by atomic mass is 35.5. The van der Waals surface area contributed by atoms with E-state index in [1.165, 1.54) is 0 Å². The molecule has 1 aromatic carbocycles. The molecule has 6 heteroatoms. The van der Waals surface area contributed by atoms with Crippen molar-refractivity contribution in [3.8, 4) is 0 Å². The summed E-state index contributed by atoms with van der Waals surface area (Å²) in [6.07, 6.45) is 1.49. The summed E-state index contributed by atoms with van der Waals surface area (Å²) in [4.78, 5) is 11.8. The summed E-state index contributed by atoms with van der Waals surface area (Å²) in [7, 11) is 0. The van der Waals surface area contributed by atoms with Crippen LogP contribution in [0.15, 0.2) is 12.1 Å². The Morgan fingerprint density at radius 1 is 1.21 bits per heavy atom. The first-order valence-electron chi connectivity index (χ1n) is 6.07. The third kappa shape index (κ3) is 4.75. The van der Waals surface area contributed by atoms with Crippen molar-refractivity contribution in [3.63, 3.8) is 0 Å². The van der Waals surface area contributed by atoms with Gasteiger partial charge < -0.3 is 10.1 Å². The van der Waals surface area contributed by atoms with Crippen molar-refractivity contribution in [2.24, 2.45) is 0 Å². The van der Waals surface area contributed by atoms with Crippen molar-refractivity contribution in [2.75, 3.05) is 11.9 Å². The van der Waals surface area contributed by atoms with Gasteiger partial charge in [-0.15, -0.1) is 0 Å². The molecule has 0 radical (unpaired) electrons. The van der Waals surface area contributed by atoms with Gasteiger partial charge in [0.1, 0.15) is 6.04 Å². The second-order valence-corrected chi connectivity index (χ2v) is 5.21. The highest BCUT2D eigenvalue weighted by Crippen LogP contribution is 2.32. The average molecular weight is 325 g/mol. The maximum Gasteiger partial charge on any atom is 0.328 e. The maximum absolute atomic E-state index is 11.8. The molecule has 1 unspecified atom stereocenters. The third-order valence-corrected chi connectivity index (χ3v) is 3.52. The quantitative estimate of drug-likeness (QED) is 0.604. The molecule has 1 rings (SSSR count). The van der Waals surface area contributed by atoms with E-state index in [0.717, 1.165) is 6.42 Å². The van der Waals surface area contributed by atoms with Gasteiger partial charge in [-0.3, -0.25) is 0 Å². The molecule has 0 aliphatic heterocycles. The van der Waals surface area contributed by atoms with Crippen molar-refractivity contribution < 1.29 is 9.53 Å². The fraction of sp³-hybridized carbons (Fsp3) is 0.462. The first kappa shape index (κ1) is 16.4. The molecule has 0 heterocycles. The predicted octanol–water partition coefficient (Wildman–Crippen LogP) is 4.79. The van der Waals surface area contributed by atoms with Crippen LogP contribution in [-0.4, -0.2) is 18.6 Å². The zero-order valence-corrected chi connectivity index (χ0v) is 13.1. The summed E-state index contributed by atoms with van der Waals surface area (Å²) in [6, 6.07) is 2.70. The molecule has 0 spiro atoms. The van der Waals surface area contributed by atoms with Crippen LogP contribution in [0.5, 0.6) is 0 Å². The van der Waals surface area contributed by atoms with Crippen molar-refractivity contribution in [1.82, 2.24) is 0 Å². The largest absolute Gasteiger partial charge is 0.464 e. The molecule has 0 fully saturated rings. The molecule has 0 aliphatic rings. The molecule has 1 aromatic rings. The number of benzene rings is 1. The summed E-state index contributed by atoms with van der Waals surface area (Å²) < 4.78 is 5.02. The summed E-state index contributed by atoms with van der Waals surface area (Å²) in [5.41, 5.74) is 0.572. The monoisotopic (exact) mass is 323 g/mol. The standard InChI is InChI=1S/C13H16Cl3NO2/c1-3-5-11(13(18)19-4-2)17-12-7-9(15)8(14)6-10(12)16/h6-7,11,17H,3-5H2,1-2H3. The van der Waals surface area contributed by atoms with Crippen LogP contribution >= 0.6 is 34.8 Å². The van der Waals surface area contributed by atoms with E-state index in [1.54, 1.807) is 19.1 Å². The lowest BCUT2D eigenvalue weighted by Gasteiger charge is -2.19. The minimum absolute atomic E-state index is 0.300. The molecule has 0 saturated heterocycles. The molecule has 0 aromatic heterocycles. The third-order valence-electron chi connectivity index (χ3n) is 2.49. The first-order chi connectivity index (χ1) is 8.99. The fourth-order valence-corrected chi connectivity index (χ4v) is 2.20. The molecule has 3 nitrogen and oxygen atoms in total. The van der Waals surface area contributed by atoms with Crippen LogP contribution in [0.1, 0.15) is 26.7 Å². The minimum atomic E-state index is -0.445. The number of halogens is 3. The molecule has 0 saturated carbocycles. The fourth-order valence-electron chi connectivity index (χ4n) is 1.60. The van der Waals surface area contributed by atoms with Gasteiger partial charge in [0.2, 0.25) is 0 Å². The second-order valence-electron chi connectivity index (χ2n) is 3.98. The normalized spacial score (nSPS) is 12.1. The summed E-state index contributed by atoms with van der Waals surface area (Å²) in [5, 5.41) is 4.23. The number of hydrogen-bond acceptors (Lipinski definition) is 3. The van der Waals surface area contributed by atoms with E-state index >= 15 is 0 Å². The van der Waals surface area contributed by atoms with Gasteiger partial charge in [0, 0.05) is 0 Å². The highest BCUT2D eigenvalue weighted by Gasteiger charge is 2.20. The van der Waals surface area contributed by atoms with Crippen LogP contribution in [0.25, 0.3) is 0 Å². The Morgan fingerprint density at radius 3 is 2.42 bits per heavy atom. The summed E-state index contributed by atoms with van der Waals surface area (Å²) in [6.45, 7) is 4.10. The van der Waals surface area contributed by atoms with Crippen LogP contribution < -0.4 is 5.32 Å². The summed E-state index contributed by atoms with van der Waals surface area (Å²) in [5.74, 6) is -0.300. The van der Waals surface area contributed by atoms with E-state index in [4.69, 9.17) is 39.5 Å². The van der Waals surface area contributed by atoms with E-state index < -0.39 is 6.04 Å².